The van der Waals surface area contributed by atoms with E-state index in [1.54, 1.807) is 0 Å². The van der Waals surface area contributed by atoms with Crippen molar-refractivity contribution in [3.05, 3.63) is 120 Å². The lowest BCUT2D eigenvalue weighted by molar-refractivity contribution is 0.348. The minimum atomic E-state index is 0.658. The number of hydrogen-bond donors (Lipinski definition) is 0. The van der Waals surface area contributed by atoms with Crippen molar-refractivity contribution in [3.8, 4) is 22.3 Å². The molecule has 0 unspecified atom stereocenters. The van der Waals surface area contributed by atoms with Gasteiger partial charge >= 0.3 is 0 Å². The highest BCUT2D eigenvalue weighted by molar-refractivity contribution is 6.26. The monoisotopic (exact) mass is 518 g/mol. The van der Waals surface area contributed by atoms with Gasteiger partial charge in [-0.15, -0.1) is 0 Å². The standard InChI is InChI=1S/C36H26N2O2/c1-2-10-30-29(9-1)33-21-25(23-5-3-7-27(19-23)35-37-15-17-39-35)11-13-31(33)32-14-12-26(22-34(30)32)24-6-4-8-28(20-24)36-38-16-18-40-36/h1-14,19-22H,15-18H2. The van der Waals surface area contributed by atoms with Crippen LogP contribution in [0.5, 0.6) is 0 Å². The Bertz CT molecular complexity index is 1860. The molecule has 8 rings (SSSR count). The van der Waals surface area contributed by atoms with Crippen LogP contribution in [0.1, 0.15) is 11.1 Å². The van der Waals surface area contributed by atoms with Gasteiger partial charge in [0.1, 0.15) is 13.2 Å². The van der Waals surface area contributed by atoms with E-state index in [2.05, 4.69) is 119 Å². The van der Waals surface area contributed by atoms with E-state index < -0.39 is 0 Å². The van der Waals surface area contributed by atoms with Crippen LogP contribution in [0.3, 0.4) is 0 Å². The van der Waals surface area contributed by atoms with Gasteiger partial charge in [-0.1, -0.05) is 72.8 Å². The molecule has 2 heterocycles. The Balaban J connectivity index is 1.28. The second kappa shape index (κ2) is 9.35. The summed E-state index contributed by atoms with van der Waals surface area (Å²) < 4.78 is 11.4. The van der Waals surface area contributed by atoms with Gasteiger partial charge in [-0.05, 0) is 91.0 Å². The molecule has 2 aliphatic heterocycles. The summed E-state index contributed by atoms with van der Waals surface area (Å²) >= 11 is 0. The molecule has 0 aliphatic carbocycles. The average Bonchev–Trinajstić information content (AvgIpc) is 3.77. The number of benzene rings is 6. The molecule has 6 aromatic rings. The van der Waals surface area contributed by atoms with E-state index in [0.717, 1.165) is 47.1 Å². The minimum absolute atomic E-state index is 0.658. The first-order chi connectivity index (χ1) is 19.8. The number of aliphatic imine (C=N–C) groups is 2. The van der Waals surface area contributed by atoms with E-state index in [4.69, 9.17) is 9.47 Å². The minimum Gasteiger partial charge on any atom is -0.476 e. The van der Waals surface area contributed by atoms with Crippen LogP contribution in [0.2, 0.25) is 0 Å². The molecule has 2 aliphatic rings. The molecule has 4 nitrogen and oxygen atoms in total. The van der Waals surface area contributed by atoms with Crippen molar-refractivity contribution in [3.63, 3.8) is 0 Å². The molecule has 0 fully saturated rings. The molecule has 4 heteroatoms. The third kappa shape index (κ3) is 3.84. The van der Waals surface area contributed by atoms with Gasteiger partial charge in [0, 0.05) is 11.1 Å². The predicted molar refractivity (Wildman–Crippen MR) is 165 cm³/mol. The summed E-state index contributed by atoms with van der Waals surface area (Å²) in [7, 11) is 0. The summed E-state index contributed by atoms with van der Waals surface area (Å²) in [5, 5.41) is 7.53. The molecule has 0 radical (unpaired) electrons. The highest BCUT2D eigenvalue weighted by Crippen LogP contribution is 2.39. The van der Waals surface area contributed by atoms with Crippen molar-refractivity contribution < 1.29 is 9.47 Å². The number of ether oxygens (including phenoxy) is 2. The zero-order chi connectivity index (χ0) is 26.5. The molecule has 0 aromatic heterocycles. The van der Waals surface area contributed by atoms with Gasteiger partial charge in [-0.2, -0.15) is 0 Å². The van der Waals surface area contributed by atoms with Gasteiger partial charge in [0.15, 0.2) is 0 Å². The molecule has 0 N–H and O–H groups in total. The van der Waals surface area contributed by atoms with E-state index in [0.29, 0.717) is 13.2 Å². The summed E-state index contributed by atoms with van der Waals surface area (Å²) in [6.07, 6.45) is 0. The largest absolute Gasteiger partial charge is 0.476 e. The Hall–Kier alpha value is -4.96. The van der Waals surface area contributed by atoms with Crippen LogP contribution in [0.4, 0.5) is 0 Å². The Morgan fingerprint density at radius 2 is 0.800 bits per heavy atom. The molecule has 6 aromatic carbocycles. The number of hydrogen-bond acceptors (Lipinski definition) is 4. The molecule has 0 spiro atoms. The molecule has 40 heavy (non-hydrogen) atoms. The van der Waals surface area contributed by atoms with Crippen molar-refractivity contribution in [1.82, 2.24) is 0 Å². The molecule has 0 amide bonds. The van der Waals surface area contributed by atoms with Gasteiger partial charge in [-0.3, -0.25) is 0 Å². The number of rotatable bonds is 4. The maximum atomic E-state index is 5.72. The normalized spacial score (nSPS) is 14.8. The summed E-state index contributed by atoms with van der Waals surface area (Å²) in [6.45, 7) is 2.77. The van der Waals surface area contributed by atoms with Crippen LogP contribution in [-0.4, -0.2) is 38.1 Å². The maximum Gasteiger partial charge on any atom is 0.216 e. The molecular formula is C36H26N2O2. The second-order valence-electron chi connectivity index (χ2n) is 10.3. The lowest BCUT2D eigenvalue weighted by atomic mass is 9.90. The molecule has 0 saturated carbocycles. The molecular weight excluding hydrogens is 492 g/mol. The molecule has 0 atom stereocenters. The third-order valence-electron chi connectivity index (χ3n) is 7.89. The smallest absolute Gasteiger partial charge is 0.216 e. The van der Waals surface area contributed by atoms with Gasteiger partial charge in [0.05, 0.1) is 13.1 Å². The topological polar surface area (TPSA) is 43.2 Å². The zero-order valence-corrected chi connectivity index (χ0v) is 21.9. The van der Waals surface area contributed by atoms with Gasteiger partial charge in [0.2, 0.25) is 11.8 Å². The molecule has 192 valence electrons. The third-order valence-corrected chi connectivity index (χ3v) is 7.89. The molecule has 0 bridgehead atoms. The van der Waals surface area contributed by atoms with E-state index in [-0.39, 0.29) is 0 Å². The quantitative estimate of drug-likeness (QED) is 0.222. The fourth-order valence-electron chi connectivity index (χ4n) is 6.00. The first kappa shape index (κ1) is 23.0. The van der Waals surface area contributed by atoms with Crippen molar-refractivity contribution in [1.29, 1.82) is 0 Å². The van der Waals surface area contributed by atoms with Crippen molar-refractivity contribution in [2.24, 2.45) is 9.98 Å². The highest BCUT2D eigenvalue weighted by atomic mass is 16.5. The SMILES string of the molecule is c1cc(C2=NCCO2)cc(-c2ccc3c4ccc(-c5cccc(C6=NCCO6)c5)cc4c4ccccc4c3c2)c1. The van der Waals surface area contributed by atoms with E-state index in [1.165, 1.54) is 43.4 Å². The van der Waals surface area contributed by atoms with Crippen LogP contribution in [0, 0.1) is 0 Å². The summed E-state index contributed by atoms with van der Waals surface area (Å²) in [4.78, 5) is 9.00. The van der Waals surface area contributed by atoms with E-state index >= 15 is 0 Å². The second-order valence-corrected chi connectivity index (χ2v) is 10.3. The lowest BCUT2D eigenvalue weighted by Gasteiger charge is -2.14. The van der Waals surface area contributed by atoms with Crippen LogP contribution in [0.15, 0.2) is 119 Å². The van der Waals surface area contributed by atoms with Crippen LogP contribution < -0.4 is 0 Å². The van der Waals surface area contributed by atoms with Crippen molar-refractivity contribution in [2.75, 3.05) is 26.3 Å². The van der Waals surface area contributed by atoms with Crippen molar-refractivity contribution >= 4 is 44.1 Å². The van der Waals surface area contributed by atoms with Gasteiger partial charge < -0.3 is 9.47 Å². The Labute approximate surface area is 232 Å². The van der Waals surface area contributed by atoms with E-state index in [9.17, 15) is 0 Å². The fraction of sp³-hybridized carbons (Fsp3) is 0.111. The highest BCUT2D eigenvalue weighted by Gasteiger charge is 2.15. The van der Waals surface area contributed by atoms with Crippen LogP contribution in [0.25, 0.3) is 54.6 Å². The zero-order valence-electron chi connectivity index (χ0n) is 21.9. The van der Waals surface area contributed by atoms with Crippen LogP contribution in [-0.2, 0) is 9.47 Å². The molecule has 0 saturated heterocycles. The summed E-state index contributed by atoms with van der Waals surface area (Å²) in [5.41, 5.74) is 6.75. The van der Waals surface area contributed by atoms with Crippen molar-refractivity contribution in [2.45, 2.75) is 0 Å². The Morgan fingerprint density at radius 3 is 1.25 bits per heavy atom. The van der Waals surface area contributed by atoms with Crippen LogP contribution >= 0.6 is 0 Å². The van der Waals surface area contributed by atoms with Gasteiger partial charge in [-0.25, -0.2) is 9.98 Å². The fourth-order valence-corrected chi connectivity index (χ4v) is 6.00. The maximum absolute atomic E-state index is 5.72. The predicted octanol–water partition coefficient (Wildman–Crippen LogP) is 8.03. The number of nitrogens with zero attached hydrogens (tertiary/aromatic N) is 2. The lowest BCUT2D eigenvalue weighted by Crippen LogP contribution is -2.00. The Kier molecular flexibility index (Phi) is 5.37. The summed E-state index contributed by atoms with van der Waals surface area (Å²) in [5.74, 6) is 1.48. The first-order valence-corrected chi connectivity index (χ1v) is 13.8. The first-order valence-electron chi connectivity index (χ1n) is 13.8. The van der Waals surface area contributed by atoms with Gasteiger partial charge in [0.25, 0.3) is 0 Å². The average molecular weight is 519 g/mol. The van der Waals surface area contributed by atoms with E-state index in [1.807, 2.05) is 0 Å². The summed E-state index contributed by atoms with van der Waals surface area (Å²) in [6, 6.07) is 39.4. The Morgan fingerprint density at radius 1 is 0.375 bits per heavy atom. The number of fused-ring (bicyclic) bond motifs is 6.